The number of piperazine rings is 1. The molecule has 0 bridgehead atoms. The monoisotopic (exact) mass is 442 g/mol. The maximum atomic E-state index is 11.8. The minimum atomic E-state index is -3.07. The van der Waals surface area contributed by atoms with Crippen LogP contribution in [0.15, 0.2) is 24.4 Å². The molecule has 0 saturated carbocycles. The Kier molecular flexibility index (Phi) is 6.24. The average molecular weight is 443 g/mol. The Bertz CT molecular complexity index is 1080. The molecule has 166 valence electrons. The van der Waals surface area contributed by atoms with Crippen molar-refractivity contribution in [1.29, 1.82) is 0 Å². The second-order valence-electron chi connectivity index (χ2n) is 8.27. The number of anilines is 2. The lowest BCUT2D eigenvalue weighted by Crippen LogP contribution is -2.48. The fourth-order valence-corrected chi connectivity index (χ4v) is 5.56. The number of pyridine rings is 1. The number of unbranched alkanes of at least 4 members (excludes halogenated alkanes) is 1. The number of hydrogen-bond acceptors (Lipinski definition) is 8. The molecule has 4 heterocycles. The molecule has 8 nitrogen and oxygen atoms in total. The number of nitrogens with zero attached hydrogens (tertiary/aromatic N) is 5. The number of aromatic nitrogens is 3. The van der Waals surface area contributed by atoms with Gasteiger partial charge in [0.25, 0.3) is 0 Å². The van der Waals surface area contributed by atoms with Crippen LogP contribution in [0.2, 0.25) is 0 Å². The van der Waals surface area contributed by atoms with Crippen molar-refractivity contribution in [2.24, 2.45) is 0 Å². The van der Waals surface area contributed by atoms with Crippen LogP contribution in [0, 0.1) is 0 Å². The van der Waals surface area contributed by atoms with Crippen LogP contribution in [0.4, 0.5) is 11.8 Å². The van der Waals surface area contributed by atoms with Gasteiger partial charge in [0.1, 0.15) is 5.82 Å². The minimum Gasteiger partial charge on any atom is -0.383 e. The molecule has 2 aliphatic heterocycles. The van der Waals surface area contributed by atoms with Crippen LogP contribution >= 0.6 is 0 Å². The van der Waals surface area contributed by atoms with Crippen LogP contribution in [0.3, 0.4) is 0 Å². The van der Waals surface area contributed by atoms with Crippen molar-refractivity contribution in [3.63, 3.8) is 0 Å². The van der Waals surface area contributed by atoms with Crippen LogP contribution in [-0.2, 0) is 21.3 Å². The van der Waals surface area contributed by atoms with E-state index in [9.17, 15) is 8.42 Å². The topological polar surface area (TPSA) is 105 Å². The molecule has 1 saturated heterocycles. The predicted molar refractivity (Wildman–Crippen MR) is 123 cm³/mol. The molecule has 2 aliphatic rings. The van der Waals surface area contributed by atoms with Gasteiger partial charge in [-0.15, -0.1) is 0 Å². The Morgan fingerprint density at radius 3 is 2.65 bits per heavy atom. The molecule has 2 N–H and O–H groups in total. The fourth-order valence-electron chi connectivity index (χ4n) is 4.07. The van der Waals surface area contributed by atoms with Crippen molar-refractivity contribution in [3.05, 3.63) is 46.9 Å². The van der Waals surface area contributed by atoms with E-state index in [1.54, 1.807) is 6.20 Å². The molecule has 0 aliphatic carbocycles. The molecule has 2 aromatic heterocycles. The van der Waals surface area contributed by atoms with Crippen molar-refractivity contribution in [1.82, 2.24) is 19.9 Å². The summed E-state index contributed by atoms with van der Waals surface area (Å²) in [5.74, 6) is 1.26. The van der Waals surface area contributed by atoms with E-state index in [0.29, 0.717) is 17.5 Å². The zero-order valence-corrected chi connectivity index (χ0v) is 19.0. The molecule has 0 amide bonds. The Hall–Kier alpha value is -2.52. The number of hydrogen-bond donors (Lipinski definition) is 1. The van der Waals surface area contributed by atoms with E-state index >= 15 is 0 Å². The molecular weight excluding hydrogens is 412 g/mol. The minimum absolute atomic E-state index is 0.0194. The Labute approximate surface area is 184 Å². The van der Waals surface area contributed by atoms with Crippen LogP contribution in [0.1, 0.15) is 55.2 Å². The van der Waals surface area contributed by atoms with E-state index in [1.807, 2.05) is 12.1 Å². The Morgan fingerprint density at radius 1 is 1.16 bits per heavy atom. The largest absolute Gasteiger partial charge is 0.383 e. The molecule has 4 rings (SSSR count). The Balaban J connectivity index is 1.38. The summed E-state index contributed by atoms with van der Waals surface area (Å²) >= 11 is 0. The molecule has 31 heavy (non-hydrogen) atoms. The van der Waals surface area contributed by atoms with Gasteiger partial charge in [0, 0.05) is 49.5 Å². The predicted octanol–water partition coefficient (Wildman–Crippen LogP) is 2.58. The van der Waals surface area contributed by atoms with Gasteiger partial charge in [0.2, 0.25) is 5.95 Å². The highest BCUT2D eigenvalue weighted by Gasteiger charge is 2.29. The zero-order chi connectivity index (χ0) is 22.0. The van der Waals surface area contributed by atoms with E-state index < -0.39 is 9.84 Å². The van der Waals surface area contributed by atoms with Crippen molar-refractivity contribution in [2.45, 2.75) is 44.2 Å². The molecular formula is C22H30N6O2S. The summed E-state index contributed by atoms with van der Waals surface area (Å²) in [6, 6.07) is 4.26. The number of fused-ring (bicyclic) bond motifs is 1. The molecule has 0 aromatic carbocycles. The third kappa shape index (κ3) is 4.88. The number of rotatable bonds is 6. The van der Waals surface area contributed by atoms with Crippen molar-refractivity contribution >= 4 is 27.7 Å². The van der Waals surface area contributed by atoms with E-state index in [0.717, 1.165) is 55.8 Å². The first-order chi connectivity index (χ1) is 14.9. The van der Waals surface area contributed by atoms with Gasteiger partial charge in [-0.25, -0.2) is 23.4 Å². The first kappa shape index (κ1) is 21.7. The van der Waals surface area contributed by atoms with Crippen LogP contribution < -0.4 is 10.6 Å². The molecule has 9 heteroatoms. The summed E-state index contributed by atoms with van der Waals surface area (Å²) in [4.78, 5) is 18.1. The molecule has 1 fully saturated rings. The van der Waals surface area contributed by atoms with Gasteiger partial charge in [-0.1, -0.05) is 25.5 Å². The summed E-state index contributed by atoms with van der Waals surface area (Å²) in [5.41, 5.74) is 9.49. The third-order valence-corrected chi connectivity index (χ3v) is 7.44. The average Bonchev–Trinajstić information content (AvgIpc) is 3.07. The van der Waals surface area contributed by atoms with Crippen LogP contribution in [-0.4, -0.2) is 54.4 Å². The first-order valence-electron chi connectivity index (χ1n) is 10.8. The summed E-state index contributed by atoms with van der Waals surface area (Å²) in [5, 5.41) is 0. The highest BCUT2D eigenvalue weighted by atomic mass is 32.2. The summed E-state index contributed by atoms with van der Waals surface area (Å²) in [6.07, 6.45) is 7.99. The van der Waals surface area contributed by atoms with Crippen molar-refractivity contribution < 1.29 is 8.42 Å². The lowest BCUT2D eigenvalue weighted by molar-refractivity contribution is 0.194. The zero-order valence-electron chi connectivity index (χ0n) is 18.2. The van der Waals surface area contributed by atoms with E-state index in [4.69, 9.17) is 5.73 Å². The summed E-state index contributed by atoms with van der Waals surface area (Å²) < 4.78 is 23.7. The van der Waals surface area contributed by atoms with Gasteiger partial charge < -0.3 is 10.6 Å². The number of allylic oxidation sites excluding steroid dienone is 1. The molecule has 1 unspecified atom stereocenters. The highest BCUT2D eigenvalue weighted by Crippen LogP contribution is 2.26. The smallest absolute Gasteiger partial charge is 0.225 e. The van der Waals surface area contributed by atoms with Crippen LogP contribution in [0.25, 0.3) is 6.08 Å². The van der Waals surface area contributed by atoms with E-state index in [1.165, 1.54) is 0 Å². The lowest BCUT2D eigenvalue weighted by Gasteiger charge is -2.38. The van der Waals surface area contributed by atoms with Gasteiger partial charge in [-0.05, 0) is 25.5 Å². The van der Waals surface area contributed by atoms with Gasteiger partial charge in [0.05, 0.1) is 22.9 Å². The van der Waals surface area contributed by atoms with Gasteiger partial charge in [0.15, 0.2) is 9.84 Å². The lowest BCUT2D eigenvalue weighted by atomic mass is 10.1. The van der Waals surface area contributed by atoms with Crippen LogP contribution in [0.5, 0.6) is 0 Å². The summed E-state index contributed by atoms with van der Waals surface area (Å²) in [6.45, 7) is 7.56. The highest BCUT2D eigenvalue weighted by molar-refractivity contribution is 7.90. The normalized spacial score (nSPS) is 19.6. The van der Waals surface area contributed by atoms with Gasteiger partial charge in [-0.3, -0.25) is 4.90 Å². The standard InChI is InChI=1S/C22H30N6O2S/c1-3-4-5-6-17-7-8-19(25-21(17)23)16(2)27-9-11-28(12-10-27)22-24-13-18-14-31(29,30)15-20(18)26-22/h5-8,13,16H,3-4,9-12,14-15H2,1-2H3,(H2,23,25)/b6-5-. The molecule has 0 radical (unpaired) electrons. The second-order valence-corrected chi connectivity index (χ2v) is 10.3. The number of nitrogen functional groups attached to an aromatic ring is 1. The number of nitrogens with two attached hydrogens (primary N) is 1. The Morgan fingerprint density at radius 2 is 1.94 bits per heavy atom. The van der Waals surface area contributed by atoms with Gasteiger partial charge in [-0.2, -0.15) is 0 Å². The molecule has 1 atom stereocenters. The molecule has 2 aromatic rings. The fraction of sp³-hybridized carbons (Fsp3) is 0.500. The van der Waals surface area contributed by atoms with Gasteiger partial charge >= 0.3 is 0 Å². The second kappa shape index (κ2) is 8.92. The SMILES string of the molecule is CCC/C=C\c1ccc(C(C)N2CCN(c3ncc4c(n3)CS(=O)(=O)C4)CC2)nc1N. The maximum Gasteiger partial charge on any atom is 0.225 e. The molecule has 0 spiro atoms. The quantitative estimate of drug-likeness (QED) is 0.728. The van der Waals surface area contributed by atoms with Crippen molar-refractivity contribution in [3.8, 4) is 0 Å². The number of sulfone groups is 1. The summed E-state index contributed by atoms with van der Waals surface area (Å²) in [7, 11) is -3.07. The van der Waals surface area contributed by atoms with E-state index in [2.05, 4.69) is 50.7 Å². The first-order valence-corrected chi connectivity index (χ1v) is 12.7. The van der Waals surface area contributed by atoms with Crippen molar-refractivity contribution in [2.75, 3.05) is 36.8 Å². The van der Waals surface area contributed by atoms with E-state index in [-0.39, 0.29) is 17.5 Å². The third-order valence-electron chi connectivity index (χ3n) is 5.98. The maximum absolute atomic E-state index is 11.8.